The smallest absolute Gasteiger partial charge is 0.351 e. The van der Waals surface area contributed by atoms with Crippen molar-refractivity contribution < 1.29 is 23.5 Å². The summed E-state index contributed by atoms with van der Waals surface area (Å²) in [5.41, 5.74) is -0.659. The van der Waals surface area contributed by atoms with Crippen LogP contribution in [0, 0.1) is 0 Å². The van der Waals surface area contributed by atoms with Gasteiger partial charge in [0.25, 0.3) is 0 Å². The molecule has 0 aliphatic carbocycles. The quantitative estimate of drug-likeness (QED) is 0.695. The monoisotopic (exact) mass is 394 g/mol. The van der Waals surface area contributed by atoms with Gasteiger partial charge >= 0.3 is 5.96 Å². The third-order valence-electron chi connectivity index (χ3n) is 7.61. The van der Waals surface area contributed by atoms with Gasteiger partial charge < -0.3 is 18.9 Å². The van der Waals surface area contributed by atoms with E-state index in [1.54, 1.807) is 0 Å². The fraction of sp³-hybridized carbons (Fsp3) is 0.952. The van der Waals surface area contributed by atoms with E-state index < -0.39 is 0 Å². The first-order chi connectivity index (χ1) is 13.5. The first-order valence-electron chi connectivity index (χ1n) is 11.1. The number of nitrogens with one attached hydrogen (secondary N) is 2. The minimum absolute atomic E-state index is 0.0303. The lowest BCUT2D eigenvalue weighted by Gasteiger charge is -2.48. The standard InChI is InChI=1S/C21H35N3O4/c1-13-7-5-9-20(27-13)11-15-17(25-3)18(26-4)16-12-21(10-6-8-14(2)28-21)23-19(22-20)24(15)16/h13-18H,5-12H2,1-4H3,(H,22,23)/p+1/t13-,14-,15-,16-,17-,18-,20-,21+/m0/s1. The molecule has 5 aliphatic heterocycles. The van der Waals surface area contributed by atoms with E-state index in [0.717, 1.165) is 44.5 Å². The maximum atomic E-state index is 6.54. The summed E-state index contributed by atoms with van der Waals surface area (Å²) in [7, 11) is 3.63. The molecule has 5 aliphatic rings. The van der Waals surface area contributed by atoms with Gasteiger partial charge in [-0.15, -0.1) is 0 Å². The molecule has 2 N–H and O–H groups in total. The van der Waals surface area contributed by atoms with E-state index in [1.807, 2.05) is 14.2 Å². The summed E-state index contributed by atoms with van der Waals surface area (Å²) in [5, 5.41) is 7.59. The third kappa shape index (κ3) is 2.89. The highest BCUT2D eigenvalue weighted by Crippen LogP contribution is 2.44. The molecule has 0 bridgehead atoms. The Morgan fingerprint density at radius 2 is 1.32 bits per heavy atom. The van der Waals surface area contributed by atoms with Gasteiger partial charge in [0.1, 0.15) is 24.3 Å². The molecule has 3 saturated heterocycles. The minimum Gasteiger partial charge on any atom is -0.375 e. The van der Waals surface area contributed by atoms with Crippen molar-refractivity contribution in [3.8, 4) is 0 Å². The summed E-state index contributed by atoms with van der Waals surface area (Å²) >= 11 is 0. The van der Waals surface area contributed by atoms with Gasteiger partial charge in [0.15, 0.2) is 11.4 Å². The van der Waals surface area contributed by atoms with Crippen molar-refractivity contribution in [2.75, 3.05) is 14.2 Å². The van der Waals surface area contributed by atoms with Crippen LogP contribution in [0.25, 0.3) is 0 Å². The van der Waals surface area contributed by atoms with Crippen molar-refractivity contribution in [1.82, 2.24) is 10.6 Å². The molecule has 0 amide bonds. The molecule has 0 unspecified atom stereocenters. The molecule has 5 rings (SSSR count). The van der Waals surface area contributed by atoms with Gasteiger partial charge in [-0.25, -0.2) is 10.6 Å². The molecule has 5 heterocycles. The first kappa shape index (κ1) is 19.1. The Morgan fingerprint density at radius 1 is 0.857 bits per heavy atom. The molecule has 28 heavy (non-hydrogen) atoms. The van der Waals surface area contributed by atoms with Crippen LogP contribution in [0.2, 0.25) is 0 Å². The van der Waals surface area contributed by atoms with Crippen LogP contribution in [-0.2, 0) is 18.9 Å². The number of rotatable bonds is 2. The molecule has 2 spiro atoms. The summed E-state index contributed by atoms with van der Waals surface area (Å²) in [6.07, 6.45) is 9.11. The number of hydrogen-bond acceptors (Lipinski definition) is 6. The molecule has 3 fully saturated rings. The highest BCUT2D eigenvalue weighted by molar-refractivity contribution is 5.77. The first-order valence-corrected chi connectivity index (χ1v) is 11.1. The topological polar surface area (TPSA) is 64.0 Å². The van der Waals surface area contributed by atoms with Crippen molar-refractivity contribution in [3.63, 3.8) is 0 Å². The predicted molar refractivity (Wildman–Crippen MR) is 104 cm³/mol. The van der Waals surface area contributed by atoms with E-state index in [-0.39, 0.29) is 47.9 Å². The highest BCUT2D eigenvalue weighted by Gasteiger charge is 2.64. The highest BCUT2D eigenvalue weighted by atomic mass is 16.5. The van der Waals surface area contributed by atoms with Crippen molar-refractivity contribution in [3.05, 3.63) is 0 Å². The summed E-state index contributed by atoms with van der Waals surface area (Å²) in [6, 6.07) is 0.486. The maximum absolute atomic E-state index is 6.54. The van der Waals surface area contributed by atoms with Gasteiger partial charge in [-0.2, -0.15) is 0 Å². The van der Waals surface area contributed by atoms with Gasteiger partial charge in [0, 0.05) is 39.9 Å². The SMILES string of the molecule is CO[C@@H]1[C@@H](OC)[C@@H]2C[C@]3(CCC[C@H](C)O3)NC3=[N+]2[C@H]1C[C@@]1(CCC[C@H](C)O1)N3. The predicted octanol–water partition coefficient (Wildman–Crippen LogP) is 1.69. The number of guanidine groups is 1. The molecule has 0 aromatic carbocycles. The van der Waals surface area contributed by atoms with Crippen LogP contribution in [0.5, 0.6) is 0 Å². The second-order valence-corrected chi connectivity index (χ2v) is 9.58. The molecular formula is C21H36N3O4+. The van der Waals surface area contributed by atoms with Crippen LogP contribution < -0.4 is 10.6 Å². The number of nitrogens with zero attached hydrogens (tertiary/aromatic N) is 1. The molecule has 8 atom stereocenters. The van der Waals surface area contributed by atoms with Gasteiger partial charge in [0.2, 0.25) is 0 Å². The molecular weight excluding hydrogens is 358 g/mol. The zero-order chi connectivity index (χ0) is 19.5. The van der Waals surface area contributed by atoms with Crippen LogP contribution in [-0.4, -0.2) is 72.7 Å². The summed E-state index contributed by atoms with van der Waals surface area (Å²) in [6.45, 7) is 4.37. The lowest BCUT2D eigenvalue weighted by molar-refractivity contribution is -0.609. The van der Waals surface area contributed by atoms with Gasteiger partial charge in [0.05, 0.1) is 12.2 Å². The Kier molecular flexibility index (Phi) is 4.66. The van der Waals surface area contributed by atoms with Crippen LogP contribution >= 0.6 is 0 Å². The Hall–Kier alpha value is -0.890. The molecule has 158 valence electrons. The Morgan fingerprint density at radius 3 is 1.71 bits per heavy atom. The van der Waals surface area contributed by atoms with Crippen LogP contribution in [0.3, 0.4) is 0 Å². The van der Waals surface area contributed by atoms with E-state index in [0.29, 0.717) is 0 Å². The van der Waals surface area contributed by atoms with E-state index >= 15 is 0 Å². The van der Waals surface area contributed by atoms with E-state index in [4.69, 9.17) is 18.9 Å². The molecule has 0 radical (unpaired) electrons. The largest absolute Gasteiger partial charge is 0.375 e. The third-order valence-corrected chi connectivity index (χ3v) is 7.61. The van der Waals surface area contributed by atoms with Crippen LogP contribution in [0.1, 0.15) is 65.2 Å². The van der Waals surface area contributed by atoms with Crippen molar-refractivity contribution in [1.29, 1.82) is 0 Å². The average molecular weight is 395 g/mol. The molecule has 7 heteroatoms. The Bertz CT molecular complexity index is 606. The van der Waals surface area contributed by atoms with E-state index in [2.05, 4.69) is 29.1 Å². The zero-order valence-corrected chi connectivity index (χ0v) is 17.7. The van der Waals surface area contributed by atoms with Crippen LogP contribution in [0.15, 0.2) is 0 Å². The summed E-state index contributed by atoms with van der Waals surface area (Å²) in [4.78, 5) is 0. The molecule has 0 aromatic heterocycles. The normalized spacial score (nSPS) is 50.4. The van der Waals surface area contributed by atoms with Crippen molar-refractivity contribution in [2.45, 2.75) is 113 Å². The molecule has 0 aromatic rings. The second-order valence-electron chi connectivity index (χ2n) is 9.58. The second kappa shape index (κ2) is 6.83. The Labute approximate surface area is 168 Å². The van der Waals surface area contributed by atoms with Crippen molar-refractivity contribution >= 4 is 5.96 Å². The van der Waals surface area contributed by atoms with Gasteiger partial charge in [-0.3, -0.25) is 4.58 Å². The lowest BCUT2D eigenvalue weighted by Crippen LogP contribution is -2.73. The van der Waals surface area contributed by atoms with E-state index in [9.17, 15) is 0 Å². The fourth-order valence-corrected chi connectivity index (χ4v) is 6.55. The Balaban J connectivity index is 1.54. The summed E-state index contributed by atoms with van der Waals surface area (Å²) in [5.74, 6) is 1.05. The zero-order valence-electron chi connectivity index (χ0n) is 17.7. The van der Waals surface area contributed by atoms with Gasteiger partial charge in [-0.05, 0) is 39.5 Å². The minimum atomic E-state index is -0.329. The molecule has 7 nitrogen and oxygen atoms in total. The van der Waals surface area contributed by atoms with E-state index in [1.165, 1.54) is 12.8 Å². The maximum Gasteiger partial charge on any atom is 0.351 e. The fourth-order valence-electron chi connectivity index (χ4n) is 6.55. The van der Waals surface area contributed by atoms with Crippen LogP contribution in [0.4, 0.5) is 0 Å². The lowest BCUT2D eigenvalue weighted by atomic mass is 9.89. The van der Waals surface area contributed by atoms with Gasteiger partial charge in [-0.1, -0.05) is 0 Å². The molecule has 0 saturated carbocycles. The van der Waals surface area contributed by atoms with Crippen molar-refractivity contribution in [2.24, 2.45) is 0 Å². The number of hydrogen-bond donors (Lipinski definition) is 2. The number of methoxy groups -OCH3 is 2. The summed E-state index contributed by atoms with van der Waals surface area (Å²) < 4.78 is 27.6. The average Bonchev–Trinajstić information content (AvgIpc) is 2.93. The number of ether oxygens (including phenoxy) is 4.